The molecule has 0 spiro atoms. The van der Waals surface area contributed by atoms with Crippen molar-refractivity contribution in [3.63, 3.8) is 0 Å². The molecule has 0 radical (unpaired) electrons. The van der Waals surface area contributed by atoms with Crippen LogP contribution in [0.2, 0.25) is 0 Å². The van der Waals surface area contributed by atoms with Crippen molar-refractivity contribution in [2.75, 3.05) is 12.4 Å². The Morgan fingerprint density at radius 3 is 2.57 bits per heavy atom. The minimum Gasteiger partial charge on any atom is -0.465 e. The predicted octanol–water partition coefficient (Wildman–Crippen LogP) is 2.94. The van der Waals surface area contributed by atoms with E-state index in [1.54, 1.807) is 13.0 Å². The Balaban J connectivity index is 2.19. The molecule has 0 aliphatic heterocycles. The molecule has 0 unspecified atom stereocenters. The second kappa shape index (κ2) is 8.88. The van der Waals surface area contributed by atoms with Crippen molar-refractivity contribution >= 4 is 43.3 Å². The number of esters is 1. The molecule has 3 rings (SSSR count). The van der Waals surface area contributed by atoms with E-state index in [9.17, 15) is 22.4 Å². The van der Waals surface area contributed by atoms with Crippen LogP contribution in [0.4, 0.5) is 4.39 Å². The van der Waals surface area contributed by atoms with Gasteiger partial charge < -0.3 is 9.30 Å². The second-order valence-electron chi connectivity index (χ2n) is 6.18. The maximum Gasteiger partial charge on any atom is 0.326 e. The molecular formula is C20H19FN2O5S2. The van der Waals surface area contributed by atoms with E-state index in [-0.39, 0.29) is 39.7 Å². The normalized spacial score (nSPS) is 12.3. The molecule has 1 heterocycles. The molecule has 0 N–H and O–H groups in total. The molecule has 1 amide bonds. The van der Waals surface area contributed by atoms with Gasteiger partial charge in [0.15, 0.2) is 14.6 Å². The van der Waals surface area contributed by atoms with E-state index in [2.05, 4.69) is 4.99 Å². The fraction of sp³-hybridized carbons (Fsp3) is 0.250. The smallest absolute Gasteiger partial charge is 0.326 e. The topological polar surface area (TPSA) is 94.8 Å². The first-order valence-electron chi connectivity index (χ1n) is 9.12. The molecule has 2 aromatic carbocycles. The maximum absolute atomic E-state index is 14.5. The van der Waals surface area contributed by atoms with Crippen LogP contribution >= 0.6 is 11.3 Å². The Morgan fingerprint density at radius 1 is 1.13 bits per heavy atom. The van der Waals surface area contributed by atoms with Crippen LogP contribution in [0.25, 0.3) is 10.2 Å². The Kier molecular flexibility index (Phi) is 6.47. The second-order valence-corrected chi connectivity index (χ2v) is 9.43. The number of fused-ring (bicyclic) bond motifs is 1. The molecule has 0 fully saturated rings. The average molecular weight is 451 g/mol. The zero-order valence-electron chi connectivity index (χ0n) is 16.3. The summed E-state index contributed by atoms with van der Waals surface area (Å²) in [7, 11) is -3.65. The lowest BCUT2D eigenvalue weighted by molar-refractivity contribution is -0.143. The largest absolute Gasteiger partial charge is 0.465 e. The lowest BCUT2D eigenvalue weighted by Crippen LogP contribution is -2.23. The van der Waals surface area contributed by atoms with E-state index in [0.29, 0.717) is 4.70 Å². The zero-order chi connectivity index (χ0) is 21.9. The molecule has 0 bridgehead atoms. The number of aromatic nitrogens is 1. The summed E-state index contributed by atoms with van der Waals surface area (Å²) in [5.74, 6) is -2.15. The summed E-state index contributed by atoms with van der Waals surface area (Å²) >= 11 is 1.02. The Morgan fingerprint density at radius 2 is 1.87 bits per heavy atom. The van der Waals surface area contributed by atoms with Crippen molar-refractivity contribution in [1.82, 2.24) is 4.57 Å². The minimum absolute atomic E-state index is 0.0665. The summed E-state index contributed by atoms with van der Waals surface area (Å²) in [6.07, 6.45) is 0. The number of hydrogen-bond acceptors (Lipinski definition) is 6. The summed E-state index contributed by atoms with van der Waals surface area (Å²) in [5.41, 5.74) is 0.0385. The number of carbonyl (C=O) groups is 2. The van der Waals surface area contributed by atoms with Crippen LogP contribution in [-0.4, -0.2) is 37.2 Å². The summed E-state index contributed by atoms with van der Waals surface area (Å²) in [4.78, 5) is 28.9. The number of ether oxygens (including phenoxy) is 1. The number of rotatable bonds is 6. The van der Waals surface area contributed by atoms with E-state index in [1.807, 2.05) is 0 Å². The Labute approximate surface area is 176 Å². The predicted molar refractivity (Wildman–Crippen MR) is 110 cm³/mol. The highest BCUT2D eigenvalue weighted by molar-refractivity contribution is 7.91. The molecule has 7 nitrogen and oxygen atoms in total. The molecule has 3 aromatic rings. The van der Waals surface area contributed by atoms with Gasteiger partial charge in [-0.25, -0.2) is 12.8 Å². The van der Waals surface area contributed by atoms with Crippen LogP contribution in [-0.2, 0) is 25.9 Å². The van der Waals surface area contributed by atoms with E-state index < -0.39 is 27.5 Å². The van der Waals surface area contributed by atoms with Crippen molar-refractivity contribution in [2.45, 2.75) is 25.3 Å². The standard InChI is InChI=1S/C20H19FN2O5S2/c1-3-28-17(24)12-23-18-14(21)9-7-10-15(18)29-20(23)22-19(25)13-8-5-6-11-16(13)30(26,27)4-2/h5-11H,3-4,12H2,1-2H3. The Hall–Kier alpha value is -2.85. The number of sulfone groups is 1. The van der Waals surface area contributed by atoms with Crippen LogP contribution in [0.3, 0.4) is 0 Å². The number of thiazole rings is 1. The highest BCUT2D eigenvalue weighted by Gasteiger charge is 2.21. The fourth-order valence-corrected chi connectivity index (χ4v) is 5.00. The molecule has 0 aliphatic carbocycles. The van der Waals surface area contributed by atoms with Crippen molar-refractivity contribution in [2.24, 2.45) is 4.99 Å². The van der Waals surface area contributed by atoms with Gasteiger partial charge in [-0.3, -0.25) is 9.59 Å². The molecular weight excluding hydrogens is 431 g/mol. The molecule has 0 saturated heterocycles. The lowest BCUT2D eigenvalue weighted by atomic mass is 10.2. The molecule has 0 saturated carbocycles. The van der Waals surface area contributed by atoms with Gasteiger partial charge in [-0.2, -0.15) is 4.99 Å². The van der Waals surface area contributed by atoms with Crippen molar-refractivity contribution < 1.29 is 27.1 Å². The Bertz CT molecular complexity index is 1290. The van der Waals surface area contributed by atoms with Crippen LogP contribution in [0.1, 0.15) is 24.2 Å². The summed E-state index contributed by atoms with van der Waals surface area (Å²) in [6.45, 7) is 2.94. The van der Waals surface area contributed by atoms with Crippen molar-refractivity contribution in [1.29, 1.82) is 0 Å². The summed E-state index contributed by atoms with van der Waals surface area (Å²) in [6, 6.07) is 10.2. The number of benzene rings is 2. The van der Waals surface area contributed by atoms with E-state index >= 15 is 0 Å². The van der Waals surface area contributed by atoms with E-state index in [4.69, 9.17) is 4.74 Å². The van der Waals surface area contributed by atoms with Gasteiger partial charge in [0.1, 0.15) is 12.4 Å². The van der Waals surface area contributed by atoms with Crippen molar-refractivity contribution in [3.05, 3.63) is 58.6 Å². The number of amides is 1. The molecule has 10 heteroatoms. The molecule has 30 heavy (non-hydrogen) atoms. The molecule has 1 aromatic heterocycles. The van der Waals surface area contributed by atoms with Crippen LogP contribution in [0.15, 0.2) is 52.4 Å². The zero-order valence-corrected chi connectivity index (χ0v) is 17.9. The third-order valence-corrected chi connectivity index (χ3v) is 7.10. The molecule has 0 aliphatic rings. The van der Waals surface area contributed by atoms with Gasteiger partial charge in [0.05, 0.1) is 33.0 Å². The maximum atomic E-state index is 14.5. The monoisotopic (exact) mass is 450 g/mol. The number of para-hydroxylation sites is 1. The van der Waals surface area contributed by atoms with E-state index in [0.717, 1.165) is 11.3 Å². The fourth-order valence-electron chi connectivity index (χ4n) is 2.87. The average Bonchev–Trinajstić information content (AvgIpc) is 3.06. The van der Waals surface area contributed by atoms with Crippen molar-refractivity contribution in [3.8, 4) is 0 Å². The number of carbonyl (C=O) groups excluding carboxylic acids is 2. The van der Waals surface area contributed by atoms with Gasteiger partial charge in [-0.1, -0.05) is 36.5 Å². The quantitative estimate of drug-likeness (QED) is 0.538. The van der Waals surface area contributed by atoms with Gasteiger partial charge in [-0.05, 0) is 31.2 Å². The highest BCUT2D eigenvalue weighted by Crippen LogP contribution is 2.22. The first-order valence-corrected chi connectivity index (χ1v) is 11.6. The van der Waals surface area contributed by atoms with Crippen LogP contribution < -0.4 is 4.80 Å². The van der Waals surface area contributed by atoms with E-state index in [1.165, 1.54) is 47.9 Å². The lowest BCUT2D eigenvalue weighted by Gasteiger charge is -2.07. The molecule has 0 atom stereocenters. The molecule has 158 valence electrons. The minimum atomic E-state index is -3.65. The number of nitrogens with zero attached hydrogens (tertiary/aromatic N) is 2. The van der Waals surface area contributed by atoms with Crippen LogP contribution in [0.5, 0.6) is 0 Å². The third kappa shape index (κ3) is 4.34. The van der Waals surface area contributed by atoms with Gasteiger partial charge in [0.25, 0.3) is 5.91 Å². The van der Waals surface area contributed by atoms with Gasteiger partial charge in [-0.15, -0.1) is 0 Å². The highest BCUT2D eigenvalue weighted by atomic mass is 32.2. The first kappa shape index (κ1) is 21.8. The van der Waals surface area contributed by atoms with Gasteiger partial charge in [0.2, 0.25) is 0 Å². The number of hydrogen-bond donors (Lipinski definition) is 0. The van der Waals surface area contributed by atoms with Gasteiger partial charge >= 0.3 is 5.97 Å². The summed E-state index contributed by atoms with van der Waals surface area (Å²) in [5, 5.41) is 0. The summed E-state index contributed by atoms with van der Waals surface area (Å²) < 4.78 is 45.8. The number of halogens is 1. The van der Waals surface area contributed by atoms with Crippen LogP contribution in [0, 0.1) is 5.82 Å². The van der Waals surface area contributed by atoms with Gasteiger partial charge in [0, 0.05) is 0 Å². The SMILES string of the molecule is CCOC(=O)Cn1c(=NC(=O)c2ccccc2S(=O)(=O)CC)sc2cccc(F)c21. The third-order valence-electron chi connectivity index (χ3n) is 4.27. The first-order chi connectivity index (χ1) is 14.3.